The van der Waals surface area contributed by atoms with Gasteiger partial charge in [0.2, 0.25) is 0 Å². The first kappa shape index (κ1) is 10.1. The summed E-state index contributed by atoms with van der Waals surface area (Å²) in [6.45, 7) is 4.13. The van der Waals surface area contributed by atoms with E-state index in [0.29, 0.717) is 19.4 Å². The molecule has 64 valence electrons. The van der Waals surface area contributed by atoms with Crippen molar-refractivity contribution >= 4 is 5.97 Å². The highest BCUT2D eigenvalue weighted by Crippen LogP contribution is 2.04. The molecule has 0 fully saturated rings. The first-order chi connectivity index (χ1) is 5.07. The molecule has 0 aromatic rings. The number of hydrogen-bond acceptors (Lipinski definition) is 3. The summed E-state index contributed by atoms with van der Waals surface area (Å²) >= 11 is 0. The largest absolute Gasteiger partial charge is 0.480 e. The minimum absolute atomic E-state index is 0.312. The van der Waals surface area contributed by atoms with E-state index < -0.39 is 12.0 Å². The van der Waals surface area contributed by atoms with Gasteiger partial charge in [-0.05, 0) is 19.4 Å². The fraction of sp³-hybridized carbons (Fsp3) is 0.571. The Labute approximate surface area is 65.9 Å². The molecular weight excluding hydrogens is 144 g/mol. The molecule has 0 heterocycles. The smallest absolute Gasteiger partial charge is 0.320 e. The van der Waals surface area contributed by atoms with Gasteiger partial charge in [-0.3, -0.25) is 4.79 Å². The summed E-state index contributed by atoms with van der Waals surface area (Å²) in [4.78, 5) is 10.2. The zero-order valence-electron chi connectivity index (χ0n) is 6.42. The molecular formula is C7H14N2O2. The molecule has 0 aromatic heterocycles. The van der Waals surface area contributed by atoms with Gasteiger partial charge in [0.1, 0.15) is 6.04 Å². The maximum absolute atomic E-state index is 10.2. The Kier molecular flexibility index (Phi) is 4.49. The van der Waals surface area contributed by atoms with Gasteiger partial charge >= 0.3 is 5.97 Å². The lowest BCUT2D eigenvalue weighted by Gasteiger charge is -2.07. The SMILES string of the molecule is C=C(CCN)C[C@H](N)C(=O)O. The molecule has 0 radical (unpaired) electrons. The van der Waals surface area contributed by atoms with E-state index in [1.54, 1.807) is 0 Å². The number of carboxylic acids is 1. The molecule has 0 saturated heterocycles. The van der Waals surface area contributed by atoms with Crippen molar-refractivity contribution in [1.29, 1.82) is 0 Å². The Balaban J connectivity index is 3.66. The van der Waals surface area contributed by atoms with E-state index in [1.807, 2.05) is 0 Å². The summed E-state index contributed by atoms with van der Waals surface area (Å²) in [5.74, 6) is -0.997. The van der Waals surface area contributed by atoms with Crippen LogP contribution in [0.2, 0.25) is 0 Å². The van der Waals surface area contributed by atoms with E-state index in [1.165, 1.54) is 0 Å². The standard InChI is InChI=1S/C7H14N2O2/c1-5(2-3-8)4-6(9)7(10)11/h6H,1-4,8-9H2,(H,10,11)/t6-/m0/s1. The molecule has 0 aliphatic rings. The highest BCUT2D eigenvalue weighted by Gasteiger charge is 2.11. The summed E-state index contributed by atoms with van der Waals surface area (Å²) in [5, 5.41) is 8.40. The lowest BCUT2D eigenvalue weighted by molar-refractivity contribution is -0.138. The molecule has 0 saturated carbocycles. The van der Waals surface area contributed by atoms with Gasteiger partial charge in [0.15, 0.2) is 0 Å². The Morgan fingerprint density at radius 3 is 2.55 bits per heavy atom. The number of nitrogens with two attached hydrogens (primary N) is 2. The van der Waals surface area contributed by atoms with E-state index in [4.69, 9.17) is 16.6 Å². The summed E-state index contributed by atoms with van der Waals surface area (Å²) in [6, 6.07) is -0.839. The van der Waals surface area contributed by atoms with Crippen LogP contribution in [-0.4, -0.2) is 23.7 Å². The Morgan fingerprint density at radius 2 is 2.18 bits per heavy atom. The summed E-state index contributed by atoms with van der Waals surface area (Å²) < 4.78 is 0. The quantitative estimate of drug-likeness (QED) is 0.479. The molecule has 0 aliphatic carbocycles. The van der Waals surface area contributed by atoms with E-state index in [-0.39, 0.29) is 0 Å². The fourth-order valence-corrected chi connectivity index (χ4v) is 0.705. The van der Waals surface area contributed by atoms with Crippen LogP contribution in [0, 0.1) is 0 Å². The van der Waals surface area contributed by atoms with E-state index in [0.717, 1.165) is 5.57 Å². The molecule has 1 atom stereocenters. The lowest BCUT2D eigenvalue weighted by atomic mass is 10.1. The zero-order valence-corrected chi connectivity index (χ0v) is 6.42. The Bertz CT molecular complexity index is 157. The molecule has 0 bridgehead atoms. The topological polar surface area (TPSA) is 89.3 Å². The van der Waals surface area contributed by atoms with Crippen molar-refractivity contribution in [1.82, 2.24) is 0 Å². The van der Waals surface area contributed by atoms with Gasteiger partial charge in [-0.1, -0.05) is 12.2 Å². The third-order valence-electron chi connectivity index (χ3n) is 1.32. The highest BCUT2D eigenvalue weighted by molar-refractivity contribution is 5.73. The summed E-state index contributed by atoms with van der Waals surface area (Å²) in [7, 11) is 0. The predicted molar refractivity (Wildman–Crippen MR) is 43.0 cm³/mol. The van der Waals surface area contributed by atoms with Crippen molar-refractivity contribution < 1.29 is 9.90 Å². The number of aliphatic carboxylic acids is 1. The third kappa shape index (κ3) is 4.52. The average molecular weight is 158 g/mol. The minimum Gasteiger partial charge on any atom is -0.480 e. The molecule has 0 aromatic carbocycles. The summed E-state index contributed by atoms with van der Waals surface area (Å²) in [5.41, 5.74) is 11.3. The predicted octanol–water partition coefficient (Wildman–Crippen LogP) is -0.307. The molecule has 0 spiro atoms. The Hall–Kier alpha value is -0.870. The average Bonchev–Trinajstić information content (AvgIpc) is 1.87. The second kappa shape index (κ2) is 4.87. The van der Waals surface area contributed by atoms with Crippen LogP contribution in [0.1, 0.15) is 12.8 Å². The van der Waals surface area contributed by atoms with Gasteiger partial charge in [0.05, 0.1) is 0 Å². The third-order valence-corrected chi connectivity index (χ3v) is 1.32. The lowest BCUT2D eigenvalue weighted by Crippen LogP contribution is -2.30. The highest BCUT2D eigenvalue weighted by atomic mass is 16.4. The van der Waals surface area contributed by atoms with Crippen molar-refractivity contribution in [3.63, 3.8) is 0 Å². The van der Waals surface area contributed by atoms with Gasteiger partial charge in [-0.25, -0.2) is 0 Å². The first-order valence-corrected chi connectivity index (χ1v) is 3.43. The van der Waals surface area contributed by atoms with Crippen LogP contribution in [0.4, 0.5) is 0 Å². The molecule has 4 nitrogen and oxygen atoms in total. The molecule has 4 heteroatoms. The van der Waals surface area contributed by atoms with Gasteiger partial charge in [0.25, 0.3) is 0 Å². The maximum atomic E-state index is 10.2. The number of hydrogen-bond donors (Lipinski definition) is 3. The van der Waals surface area contributed by atoms with Crippen LogP contribution < -0.4 is 11.5 Å². The van der Waals surface area contributed by atoms with Crippen molar-refractivity contribution in [2.45, 2.75) is 18.9 Å². The van der Waals surface area contributed by atoms with Crippen molar-refractivity contribution in [3.8, 4) is 0 Å². The molecule has 0 unspecified atom stereocenters. The second-order valence-electron chi connectivity index (χ2n) is 2.44. The van der Waals surface area contributed by atoms with Gasteiger partial charge in [-0.15, -0.1) is 0 Å². The summed E-state index contributed by atoms with van der Waals surface area (Å²) in [6.07, 6.45) is 0.952. The van der Waals surface area contributed by atoms with Crippen LogP contribution in [0.5, 0.6) is 0 Å². The van der Waals surface area contributed by atoms with Gasteiger partial charge in [-0.2, -0.15) is 0 Å². The zero-order chi connectivity index (χ0) is 8.85. The van der Waals surface area contributed by atoms with E-state index in [9.17, 15) is 4.79 Å². The number of carbonyl (C=O) groups is 1. The van der Waals surface area contributed by atoms with Crippen LogP contribution in [0.25, 0.3) is 0 Å². The van der Waals surface area contributed by atoms with E-state index >= 15 is 0 Å². The molecule has 5 N–H and O–H groups in total. The minimum atomic E-state index is -0.997. The van der Waals surface area contributed by atoms with Crippen LogP contribution in [0.15, 0.2) is 12.2 Å². The van der Waals surface area contributed by atoms with Gasteiger partial charge in [0, 0.05) is 0 Å². The number of rotatable bonds is 5. The monoisotopic (exact) mass is 158 g/mol. The van der Waals surface area contributed by atoms with E-state index in [2.05, 4.69) is 6.58 Å². The fourth-order valence-electron chi connectivity index (χ4n) is 0.705. The van der Waals surface area contributed by atoms with Crippen molar-refractivity contribution in [3.05, 3.63) is 12.2 Å². The maximum Gasteiger partial charge on any atom is 0.320 e. The number of carboxylic acid groups (broad SMARTS) is 1. The molecule has 0 aliphatic heterocycles. The van der Waals surface area contributed by atoms with Crippen LogP contribution in [0.3, 0.4) is 0 Å². The molecule has 11 heavy (non-hydrogen) atoms. The van der Waals surface area contributed by atoms with Gasteiger partial charge < -0.3 is 16.6 Å². The van der Waals surface area contributed by atoms with Crippen molar-refractivity contribution in [2.75, 3.05) is 6.54 Å². The van der Waals surface area contributed by atoms with Crippen LogP contribution >= 0.6 is 0 Å². The normalized spacial score (nSPS) is 12.5. The second-order valence-corrected chi connectivity index (χ2v) is 2.44. The van der Waals surface area contributed by atoms with Crippen molar-refractivity contribution in [2.24, 2.45) is 11.5 Å². The first-order valence-electron chi connectivity index (χ1n) is 3.43. The molecule has 0 amide bonds. The Morgan fingerprint density at radius 1 is 1.64 bits per heavy atom. The molecule has 0 rings (SSSR count). The van der Waals surface area contributed by atoms with Crippen LogP contribution in [-0.2, 0) is 4.79 Å².